The van der Waals surface area contributed by atoms with Crippen molar-refractivity contribution in [1.82, 2.24) is 25.4 Å². The minimum atomic E-state index is -0.0880. The Balaban J connectivity index is 1.76. The molecule has 3 aromatic rings. The smallest absolute Gasteiger partial charge is 0.252 e. The van der Waals surface area contributed by atoms with Gasteiger partial charge in [0.25, 0.3) is 5.91 Å². The summed E-state index contributed by atoms with van der Waals surface area (Å²) < 4.78 is 1.88. The number of hydrogen-bond donors (Lipinski definition) is 2. The van der Waals surface area contributed by atoms with E-state index in [9.17, 15) is 4.79 Å². The van der Waals surface area contributed by atoms with E-state index >= 15 is 0 Å². The van der Waals surface area contributed by atoms with Gasteiger partial charge in [0.15, 0.2) is 5.65 Å². The highest BCUT2D eigenvalue weighted by atomic mass is 16.1. The Morgan fingerprint density at radius 1 is 1.31 bits per heavy atom. The van der Waals surface area contributed by atoms with Crippen LogP contribution in [-0.4, -0.2) is 40.3 Å². The standard InChI is InChI=1S/C23H27N5O/c1-15(2)28-22-20(14-26-28)19(23(29)25-13-17-8-10-24-11-9-17)12-21(27-22)18-7-5-4-6-16(18)3/h4-8,12,14-15,24H,9-11,13H2,1-3H3,(H,25,29). The van der Waals surface area contributed by atoms with Gasteiger partial charge in [0.1, 0.15) is 0 Å². The molecule has 2 aromatic heterocycles. The second-order valence-electron chi connectivity index (χ2n) is 7.79. The first-order chi connectivity index (χ1) is 14.0. The van der Waals surface area contributed by atoms with Crippen LogP contribution < -0.4 is 10.6 Å². The van der Waals surface area contributed by atoms with Gasteiger partial charge >= 0.3 is 0 Å². The van der Waals surface area contributed by atoms with Crippen molar-refractivity contribution in [3.8, 4) is 11.3 Å². The van der Waals surface area contributed by atoms with Crippen molar-refractivity contribution in [2.24, 2.45) is 0 Å². The third-order valence-corrected chi connectivity index (χ3v) is 5.36. The Labute approximate surface area is 171 Å². The lowest BCUT2D eigenvalue weighted by Crippen LogP contribution is -2.29. The zero-order valence-electron chi connectivity index (χ0n) is 17.2. The van der Waals surface area contributed by atoms with E-state index in [-0.39, 0.29) is 11.9 Å². The molecule has 1 aliphatic rings. The van der Waals surface area contributed by atoms with Gasteiger partial charge < -0.3 is 10.6 Å². The molecule has 0 unspecified atom stereocenters. The maximum atomic E-state index is 13.1. The molecule has 1 aromatic carbocycles. The van der Waals surface area contributed by atoms with Crippen molar-refractivity contribution in [2.45, 2.75) is 33.2 Å². The summed E-state index contributed by atoms with van der Waals surface area (Å²) >= 11 is 0. The molecular formula is C23H27N5O. The lowest BCUT2D eigenvalue weighted by atomic mass is 10.0. The lowest BCUT2D eigenvalue weighted by molar-refractivity contribution is 0.0958. The highest BCUT2D eigenvalue weighted by molar-refractivity contribution is 6.06. The van der Waals surface area contributed by atoms with Crippen molar-refractivity contribution >= 4 is 16.9 Å². The summed E-state index contributed by atoms with van der Waals surface area (Å²) in [6.07, 6.45) is 4.87. The zero-order chi connectivity index (χ0) is 20.4. The number of nitrogens with one attached hydrogen (secondary N) is 2. The summed E-state index contributed by atoms with van der Waals surface area (Å²) in [4.78, 5) is 18.0. The third kappa shape index (κ3) is 3.93. The number of fused-ring (bicyclic) bond motifs is 1. The highest BCUT2D eigenvalue weighted by Gasteiger charge is 2.19. The number of aromatic nitrogens is 3. The molecular weight excluding hydrogens is 362 g/mol. The second-order valence-corrected chi connectivity index (χ2v) is 7.79. The molecule has 0 bridgehead atoms. The zero-order valence-corrected chi connectivity index (χ0v) is 17.2. The predicted molar refractivity (Wildman–Crippen MR) is 116 cm³/mol. The first-order valence-electron chi connectivity index (χ1n) is 10.2. The van der Waals surface area contributed by atoms with Gasteiger partial charge in [-0.1, -0.05) is 35.9 Å². The topological polar surface area (TPSA) is 71.8 Å². The summed E-state index contributed by atoms with van der Waals surface area (Å²) in [5.74, 6) is -0.0880. The molecule has 4 rings (SSSR count). The van der Waals surface area contributed by atoms with Crippen LogP contribution in [0, 0.1) is 6.92 Å². The van der Waals surface area contributed by atoms with E-state index in [1.807, 2.05) is 28.9 Å². The van der Waals surface area contributed by atoms with Crippen LogP contribution in [0.15, 0.2) is 48.2 Å². The number of amides is 1. The summed E-state index contributed by atoms with van der Waals surface area (Å²) in [6, 6.07) is 10.2. The molecule has 0 radical (unpaired) electrons. The maximum Gasteiger partial charge on any atom is 0.252 e. The SMILES string of the molecule is Cc1ccccc1-c1cc(C(=O)NCC2=CCNCC2)c2cnn(C(C)C)c2n1. The van der Waals surface area contributed by atoms with Crippen molar-refractivity contribution in [3.05, 3.63) is 59.3 Å². The molecule has 0 spiro atoms. The van der Waals surface area contributed by atoms with Gasteiger partial charge in [0, 0.05) is 24.7 Å². The molecule has 0 fully saturated rings. The van der Waals surface area contributed by atoms with Gasteiger partial charge in [0.05, 0.1) is 22.8 Å². The number of carbonyl (C=O) groups is 1. The molecule has 150 valence electrons. The first-order valence-corrected chi connectivity index (χ1v) is 10.2. The van der Waals surface area contributed by atoms with Crippen LogP contribution in [0.25, 0.3) is 22.3 Å². The number of benzene rings is 1. The lowest BCUT2D eigenvalue weighted by Gasteiger charge is -2.15. The average molecular weight is 390 g/mol. The van der Waals surface area contributed by atoms with Gasteiger partial charge in [-0.3, -0.25) is 4.79 Å². The Bertz CT molecular complexity index is 1080. The van der Waals surface area contributed by atoms with Gasteiger partial charge in [-0.15, -0.1) is 0 Å². The fourth-order valence-electron chi connectivity index (χ4n) is 3.70. The Morgan fingerprint density at radius 3 is 2.86 bits per heavy atom. The van der Waals surface area contributed by atoms with Crippen LogP contribution in [-0.2, 0) is 0 Å². The van der Waals surface area contributed by atoms with E-state index in [1.54, 1.807) is 6.20 Å². The largest absolute Gasteiger partial charge is 0.348 e. The summed E-state index contributed by atoms with van der Waals surface area (Å²) in [5, 5.41) is 11.7. The number of carbonyl (C=O) groups excluding carboxylic acids is 1. The molecule has 29 heavy (non-hydrogen) atoms. The Kier molecular flexibility index (Phi) is 5.45. The van der Waals surface area contributed by atoms with E-state index in [0.717, 1.165) is 47.4 Å². The monoisotopic (exact) mass is 389 g/mol. The molecule has 6 heteroatoms. The molecule has 0 atom stereocenters. The van der Waals surface area contributed by atoms with Gasteiger partial charge in [-0.25, -0.2) is 9.67 Å². The Morgan fingerprint density at radius 2 is 2.14 bits per heavy atom. The van der Waals surface area contributed by atoms with Crippen LogP contribution in [0.2, 0.25) is 0 Å². The minimum Gasteiger partial charge on any atom is -0.348 e. The maximum absolute atomic E-state index is 13.1. The molecule has 0 saturated heterocycles. The van der Waals surface area contributed by atoms with Crippen molar-refractivity contribution < 1.29 is 4.79 Å². The van der Waals surface area contributed by atoms with Crippen LogP contribution in [0.3, 0.4) is 0 Å². The molecule has 0 saturated carbocycles. The number of pyridine rings is 1. The number of nitrogens with zero attached hydrogens (tertiary/aromatic N) is 3. The van der Waals surface area contributed by atoms with Crippen molar-refractivity contribution in [2.75, 3.05) is 19.6 Å². The molecule has 6 nitrogen and oxygen atoms in total. The number of aryl methyl sites for hydroxylation is 1. The van der Waals surface area contributed by atoms with Crippen LogP contribution in [0.4, 0.5) is 0 Å². The number of rotatable bonds is 5. The normalized spacial score (nSPS) is 14.3. The molecule has 1 amide bonds. The summed E-state index contributed by atoms with van der Waals surface area (Å²) in [6.45, 7) is 8.59. The van der Waals surface area contributed by atoms with Crippen LogP contribution in [0.5, 0.6) is 0 Å². The van der Waals surface area contributed by atoms with Gasteiger partial charge in [-0.05, 0) is 45.4 Å². The quantitative estimate of drug-likeness (QED) is 0.654. The first kappa shape index (κ1) is 19.3. The molecule has 0 aliphatic carbocycles. The van der Waals surface area contributed by atoms with Crippen LogP contribution in [0.1, 0.15) is 42.2 Å². The second kappa shape index (κ2) is 8.17. The predicted octanol–water partition coefficient (Wildman–Crippen LogP) is 3.64. The summed E-state index contributed by atoms with van der Waals surface area (Å²) in [5.41, 5.74) is 5.58. The summed E-state index contributed by atoms with van der Waals surface area (Å²) in [7, 11) is 0. The van der Waals surface area contributed by atoms with Crippen LogP contribution >= 0.6 is 0 Å². The van der Waals surface area contributed by atoms with E-state index in [0.29, 0.717) is 12.1 Å². The van der Waals surface area contributed by atoms with E-state index in [2.05, 4.69) is 48.6 Å². The van der Waals surface area contributed by atoms with E-state index in [1.165, 1.54) is 5.57 Å². The van der Waals surface area contributed by atoms with Crippen molar-refractivity contribution in [1.29, 1.82) is 0 Å². The van der Waals surface area contributed by atoms with Gasteiger partial charge in [-0.2, -0.15) is 5.10 Å². The minimum absolute atomic E-state index is 0.0880. The fraction of sp³-hybridized carbons (Fsp3) is 0.348. The molecule has 2 N–H and O–H groups in total. The van der Waals surface area contributed by atoms with E-state index < -0.39 is 0 Å². The Hall–Kier alpha value is -2.99. The van der Waals surface area contributed by atoms with Crippen molar-refractivity contribution in [3.63, 3.8) is 0 Å². The highest BCUT2D eigenvalue weighted by Crippen LogP contribution is 2.28. The molecule has 3 heterocycles. The molecule has 1 aliphatic heterocycles. The third-order valence-electron chi connectivity index (χ3n) is 5.36. The fourth-order valence-corrected chi connectivity index (χ4v) is 3.70. The average Bonchev–Trinajstić information content (AvgIpc) is 3.17. The number of hydrogen-bond acceptors (Lipinski definition) is 4. The van der Waals surface area contributed by atoms with Gasteiger partial charge in [0.2, 0.25) is 0 Å². The van der Waals surface area contributed by atoms with E-state index in [4.69, 9.17) is 4.98 Å².